The van der Waals surface area contributed by atoms with Crippen LogP contribution in [-0.2, 0) is 25.9 Å². The number of aromatic nitrogens is 2. The number of amides is 1. The van der Waals surface area contributed by atoms with Gasteiger partial charge in [-0.25, -0.2) is 13.2 Å². The fourth-order valence-corrected chi connectivity index (χ4v) is 6.18. The molecule has 1 amide bonds. The van der Waals surface area contributed by atoms with Crippen LogP contribution in [-0.4, -0.2) is 79.1 Å². The molecule has 1 saturated carbocycles. The molecule has 2 aromatic rings. The van der Waals surface area contributed by atoms with Gasteiger partial charge in [0.25, 0.3) is 5.88 Å². The van der Waals surface area contributed by atoms with Gasteiger partial charge in [-0.15, -0.1) is 5.10 Å². The topological polar surface area (TPSA) is 112 Å². The molecule has 11 heteroatoms. The summed E-state index contributed by atoms with van der Waals surface area (Å²) < 4.78 is 41.8. The molecule has 1 aliphatic carbocycles. The molecule has 37 heavy (non-hydrogen) atoms. The number of sulfone groups is 1. The first-order valence-corrected chi connectivity index (χ1v) is 15.1. The lowest BCUT2D eigenvalue weighted by Crippen LogP contribution is -2.52. The predicted octanol–water partition coefficient (Wildman–Crippen LogP) is 3.40. The van der Waals surface area contributed by atoms with Crippen LogP contribution < -0.4 is 10.1 Å². The molecule has 3 aliphatic rings. The number of carbonyl (C=O) groups excluding carboxylic acids is 1. The quantitative estimate of drug-likeness (QED) is 0.523. The number of benzene rings is 1. The smallest absolute Gasteiger partial charge is 0.412 e. The second-order valence-corrected chi connectivity index (χ2v) is 12.6. The van der Waals surface area contributed by atoms with Crippen LogP contribution in [0.4, 0.5) is 10.5 Å². The van der Waals surface area contributed by atoms with Crippen molar-refractivity contribution in [2.75, 3.05) is 37.1 Å². The molecule has 1 aromatic heterocycles. The third kappa shape index (κ3) is 6.63. The number of rotatable bonds is 9. The number of nitrogens with one attached hydrogen (secondary N) is 1. The van der Waals surface area contributed by atoms with Crippen molar-refractivity contribution < 1.29 is 27.4 Å². The molecule has 0 spiro atoms. The lowest BCUT2D eigenvalue weighted by Gasteiger charge is -2.43. The van der Waals surface area contributed by atoms with E-state index in [9.17, 15) is 13.2 Å². The van der Waals surface area contributed by atoms with E-state index >= 15 is 0 Å². The zero-order chi connectivity index (χ0) is 25.8. The summed E-state index contributed by atoms with van der Waals surface area (Å²) in [6, 6.07) is 11.3. The van der Waals surface area contributed by atoms with Crippen LogP contribution in [0.3, 0.4) is 0 Å². The van der Waals surface area contributed by atoms with Crippen LogP contribution >= 0.6 is 0 Å². The summed E-state index contributed by atoms with van der Waals surface area (Å²) in [6.45, 7) is 1.78. The minimum Gasteiger partial charge on any atom is -0.474 e. The summed E-state index contributed by atoms with van der Waals surface area (Å²) in [7, 11) is -3.19. The molecule has 0 unspecified atom stereocenters. The maximum Gasteiger partial charge on any atom is 0.412 e. The second-order valence-electron chi connectivity index (χ2n) is 10.3. The minimum absolute atomic E-state index is 0.0455. The Hall–Kier alpha value is -2.63. The lowest BCUT2D eigenvalue weighted by atomic mass is 9.89. The van der Waals surface area contributed by atoms with Crippen molar-refractivity contribution in [3.63, 3.8) is 0 Å². The van der Waals surface area contributed by atoms with Gasteiger partial charge in [-0.2, -0.15) is 0 Å². The van der Waals surface area contributed by atoms with Crippen LogP contribution in [0.15, 0.2) is 36.5 Å². The van der Waals surface area contributed by atoms with Crippen molar-refractivity contribution in [1.82, 2.24) is 14.7 Å². The fraction of sp³-hybridized carbons (Fsp3) is 0.615. The van der Waals surface area contributed by atoms with Gasteiger partial charge in [-0.3, -0.25) is 14.9 Å². The molecular weight excluding hydrogens is 496 g/mol. The highest BCUT2D eigenvalue weighted by molar-refractivity contribution is 7.90. The molecular formula is C26H36N4O6S. The van der Waals surface area contributed by atoms with E-state index in [4.69, 9.17) is 14.2 Å². The molecule has 5 rings (SSSR count). The minimum atomic E-state index is -3.19. The Morgan fingerprint density at radius 3 is 2.35 bits per heavy atom. The van der Waals surface area contributed by atoms with Crippen LogP contribution in [0.25, 0.3) is 0 Å². The molecule has 2 bridgehead atoms. The van der Waals surface area contributed by atoms with Crippen LogP contribution in [0.5, 0.6) is 5.88 Å². The van der Waals surface area contributed by atoms with Gasteiger partial charge < -0.3 is 14.2 Å². The predicted molar refractivity (Wildman–Crippen MR) is 138 cm³/mol. The number of hydrogen-bond donors (Lipinski definition) is 1. The molecule has 3 fully saturated rings. The fourth-order valence-electron chi connectivity index (χ4n) is 5.79. The SMILES string of the molecule is CS(=O)(=O)CCOc1nn(C2CCC(N3[C@@H]4CC[C@H]3COC4)CC2)cc1NC(=O)OCc1ccccc1. The summed E-state index contributed by atoms with van der Waals surface area (Å²) in [6.07, 6.45) is 8.89. The van der Waals surface area contributed by atoms with Crippen LogP contribution in [0.2, 0.25) is 0 Å². The summed E-state index contributed by atoms with van der Waals surface area (Å²) >= 11 is 0. The normalized spacial score (nSPS) is 26.1. The zero-order valence-electron chi connectivity index (χ0n) is 21.3. The van der Waals surface area contributed by atoms with Gasteiger partial charge >= 0.3 is 6.09 Å². The molecule has 1 aromatic carbocycles. The van der Waals surface area contributed by atoms with E-state index in [2.05, 4.69) is 15.3 Å². The van der Waals surface area contributed by atoms with E-state index < -0.39 is 15.9 Å². The summed E-state index contributed by atoms with van der Waals surface area (Å²) in [5.41, 5.74) is 1.25. The van der Waals surface area contributed by atoms with Crippen molar-refractivity contribution in [3.05, 3.63) is 42.1 Å². The number of nitrogens with zero attached hydrogens (tertiary/aromatic N) is 3. The standard InChI is InChI=1S/C26H36N4O6S/c1-37(32,33)14-13-35-25-24(27-26(31)36-16-19-5-3-2-4-6-19)15-29(28-25)20-7-9-21(10-8-20)30-22-11-12-23(30)18-34-17-22/h2-6,15,20-23H,7-14,16-18H2,1H3,(H,27,31)/t20?,21?,22-,23+. The third-order valence-electron chi connectivity index (χ3n) is 7.60. The summed E-state index contributed by atoms with van der Waals surface area (Å²) in [4.78, 5) is 15.2. The first-order valence-electron chi connectivity index (χ1n) is 13.1. The molecule has 1 N–H and O–H groups in total. The van der Waals surface area contributed by atoms with Crippen LogP contribution in [0.1, 0.15) is 50.1 Å². The molecule has 10 nitrogen and oxygen atoms in total. The second kappa shape index (κ2) is 11.4. The van der Waals surface area contributed by atoms with Crippen molar-refractivity contribution in [3.8, 4) is 5.88 Å². The van der Waals surface area contributed by atoms with Gasteiger partial charge in [0.15, 0.2) is 9.84 Å². The van der Waals surface area contributed by atoms with Crippen molar-refractivity contribution >= 4 is 21.6 Å². The Labute approximate surface area is 218 Å². The monoisotopic (exact) mass is 532 g/mol. The molecule has 2 atom stereocenters. The highest BCUT2D eigenvalue weighted by Gasteiger charge is 2.42. The van der Waals surface area contributed by atoms with E-state index in [1.54, 1.807) is 6.20 Å². The molecule has 202 valence electrons. The number of ether oxygens (including phenoxy) is 3. The van der Waals surface area contributed by atoms with Gasteiger partial charge in [0.05, 0.1) is 31.2 Å². The Bertz CT molecular complexity index is 1150. The average Bonchev–Trinajstić information content (AvgIpc) is 3.39. The van der Waals surface area contributed by atoms with E-state index in [1.807, 2.05) is 35.0 Å². The Kier molecular flexibility index (Phi) is 8.01. The highest BCUT2D eigenvalue weighted by atomic mass is 32.2. The van der Waals surface area contributed by atoms with Crippen molar-refractivity contribution in [1.29, 1.82) is 0 Å². The van der Waals surface area contributed by atoms with Gasteiger partial charge in [0.2, 0.25) is 0 Å². The third-order valence-corrected chi connectivity index (χ3v) is 8.51. The van der Waals surface area contributed by atoms with Gasteiger partial charge in [-0.05, 0) is 44.1 Å². The maximum atomic E-state index is 12.5. The summed E-state index contributed by atoms with van der Waals surface area (Å²) in [5.74, 6) is 0.0683. The molecule has 3 heterocycles. The molecule has 0 radical (unpaired) electrons. The number of hydrogen-bond acceptors (Lipinski definition) is 8. The van der Waals surface area contributed by atoms with Gasteiger partial charge in [0.1, 0.15) is 18.9 Å². The number of fused-ring (bicyclic) bond motifs is 2. The average molecular weight is 533 g/mol. The number of morpholine rings is 1. The van der Waals surface area contributed by atoms with Crippen LogP contribution in [0, 0.1) is 0 Å². The highest BCUT2D eigenvalue weighted by Crippen LogP contribution is 2.39. The number of carbonyl (C=O) groups is 1. The molecule has 2 aliphatic heterocycles. The van der Waals surface area contributed by atoms with Crippen molar-refractivity contribution in [2.45, 2.75) is 69.3 Å². The van der Waals surface area contributed by atoms with Crippen molar-refractivity contribution in [2.24, 2.45) is 0 Å². The number of anilines is 1. The Morgan fingerprint density at radius 2 is 1.68 bits per heavy atom. The largest absolute Gasteiger partial charge is 0.474 e. The molecule has 2 saturated heterocycles. The Balaban J connectivity index is 1.22. The Morgan fingerprint density at radius 1 is 1.03 bits per heavy atom. The van der Waals surface area contributed by atoms with Gasteiger partial charge in [0, 0.05) is 24.4 Å². The van der Waals surface area contributed by atoms with E-state index in [-0.39, 0.29) is 30.9 Å². The zero-order valence-corrected chi connectivity index (χ0v) is 22.1. The first-order chi connectivity index (χ1) is 17.9. The summed E-state index contributed by atoms with van der Waals surface area (Å²) in [5, 5.41) is 7.33. The van der Waals surface area contributed by atoms with E-state index in [0.29, 0.717) is 23.8 Å². The van der Waals surface area contributed by atoms with Gasteiger partial charge in [-0.1, -0.05) is 30.3 Å². The lowest BCUT2D eigenvalue weighted by molar-refractivity contribution is -0.0458. The van der Waals surface area contributed by atoms with E-state index in [0.717, 1.165) is 50.7 Å². The first kappa shape index (κ1) is 26.0. The maximum absolute atomic E-state index is 12.5. The van der Waals surface area contributed by atoms with E-state index in [1.165, 1.54) is 12.8 Å².